The molecule has 0 N–H and O–H groups in total. The van der Waals surface area contributed by atoms with Crippen LogP contribution in [0.25, 0.3) is 0 Å². The lowest BCUT2D eigenvalue weighted by Gasteiger charge is -2.41. The quantitative estimate of drug-likeness (QED) is 0.181. The monoisotopic (exact) mass is 575 g/mol. The van der Waals surface area contributed by atoms with Crippen LogP contribution in [0.4, 0.5) is 23.7 Å². The molecule has 2 amide bonds. The van der Waals surface area contributed by atoms with Gasteiger partial charge in [0.05, 0.1) is 27.0 Å². The highest BCUT2D eigenvalue weighted by Gasteiger charge is 2.42. The summed E-state index contributed by atoms with van der Waals surface area (Å²) < 4.78 is 47.9. The van der Waals surface area contributed by atoms with Crippen molar-refractivity contribution in [3.8, 4) is 0 Å². The molecule has 1 fully saturated rings. The third kappa shape index (κ3) is 8.25. The predicted molar refractivity (Wildman–Crippen MR) is 145 cm³/mol. The van der Waals surface area contributed by atoms with Gasteiger partial charge in [0.2, 0.25) is 0 Å². The van der Waals surface area contributed by atoms with Gasteiger partial charge in [-0.2, -0.15) is 13.2 Å². The van der Waals surface area contributed by atoms with E-state index in [4.69, 9.17) is 4.74 Å². The number of hydrogen-bond acceptors (Lipinski definition) is 6. The van der Waals surface area contributed by atoms with Gasteiger partial charge in [0.15, 0.2) is 0 Å². The van der Waals surface area contributed by atoms with E-state index in [0.29, 0.717) is 32.2 Å². The van der Waals surface area contributed by atoms with E-state index in [1.54, 1.807) is 34.6 Å². The molecule has 0 spiro atoms. The highest BCUT2D eigenvalue weighted by molar-refractivity contribution is 8.00. The van der Waals surface area contributed by atoms with Crippen molar-refractivity contribution in [3.05, 3.63) is 33.4 Å². The molecular formula is C27H40F3N3O5S. The van der Waals surface area contributed by atoms with Gasteiger partial charge in [0, 0.05) is 29.9 Å². The van der Waals surface area contributed by atoms with E-state index in [1.807, 2.05) is 20.8 Å². The molecule has 1 aliphatic heterocycles. The first-order valence-corrected chi connectivity index (χ1v) is 14.0. The highest BCUT2D eigenvalue weighted by Crippen LogP contribution is 2.46. The van der Waals surface area contributed by atoms with Gasteiger partial charge in [-0.1, -0.05) is 20.8 Å². The Labute approximate surface area is 232 Å². The van der Waals surface area contributed by atoms with Crippen molar-refractivity contribution in [1.82, 2.24) is 9.80 Å². The van der Waals surface area contributed by atoms with Crippen LogP contribution in [0, 0.1) is 10.1 Å². The number of thioether (sulfide) groups is 1. The maximum absolute atomic E-state index is 14.3. The fraction of sp³-hybridized carbons (Fsp3) is 0.704. The van der Waals surface area contributed by atoms with Crippen LogP contribution in [0.15, 0.2) is 17.0 Å². The molecule has 1 atom stereocenters. The summed E-state index contributed by atoms with van der Waals surface area (Å²) in [7, 11) is 0. The van der Waals surface area contributed by atoms with Gasteiger partial charge in [-0.3, -0.25) is 14.9 Å². The third-order valence-corrected chi connectivity index (χ3v) is 8.53. The number of amides is 2. The van der Waals surface area contributed by atoms with Crippen molar-refractivity contribution < 1.29 is 32.4 Å². The second kappa shape index (κ2) is 12.3. The van der Waals surface area contributed by atoms with Gasteiger partial charge in [0.1, 0.15) is 5.60 Å². The molecule has 0 saturated carbocycles. The molecule has 0 aliphatic carbocycles. The molecule has 0 radical (unpaired) electrons. The number of carbonyl (C=O) groups excluding carboxylic acids is 2. The molecule has 0 unspecified atom stereocenters. The summed E-state index contributed by atoms with van der Waals surface area (Å²) in [5, 5.41) is 12.0. The van der Waals surface area contributed by atoms with E-state index >= 15 is 0 Å². The number of rotatable bonds is 8. The lowest BCUT2D eigenvalue weighted by Crippen LogP contribution is -2.54. The molecule has 39 heavy (non-hydrogen) atoms. The Morgan fingerprint density at radius 2 is 1.77 bits per heavy atom. The van der Waals surface area contributed by atoms with Gasteiger partial charge < -0.3 is 14.5 Å². The van der Waals surface area contributed by atoms with Crippen LogP contribution in [0.1, 0.15) is 97.0 Å². The Hall–Kier alpha value is -2.50. The average molecular weight is 576 g/mol. The summed E-state index contributed by atoms with van der Waals surface area (Å²) in [6.07, 6.45) is -3.32. The first-order chi connectivity index (χ1) is 17.8. The molecule has 1 aromatic carbocycles. The number of likely N-dealkylation sites (tertiary alicyclic amines) is 1. The van der Waals surface area contributed by atoms with Gasteiger partial charge in [-0.25, -0.2) is 4.79 Å². The maximum Gasteiger partial charge on any atom is 0.417 e. The number of nitro groups is 1. The number of benzene rings is 1. The van der Waals surface area contributed by atoms with Crippen molar-refractivity contribution >= 4 is 29.4 Å². The summed E-state index contributed by atoms with van der Waals surface area (Å²) in [5.41, 5.74) is -3.24. The van der Waals surface area contributed by atoms with Gasteiger partial charge in [-0.05, 0) is 66.4 Å². The molecular weight excluding hydrogens is 535 g/mol. The number of piperidine rings is 1. The molecule has 1 saturated heterocycles. The van der Waals surface area contributed by atoms with E-state index in [9.17, 15) is 32.9 Å². The topological polar surface area (TPSA) is 93.0 Å². The number of nitrogens with zero attached hydrogens (tertiary/aromatic N) is 3. The summed E-state index contributed by atoms with van der Waals surface area (Å²) in [5.74, 6) is -0.957. The molecule has 1 aromatic rings. The summed E-state index contributed by atoms with van der Waals surface area (Å²) >= 11 is 1.02. The average Bonchev–Trinajstić information content (AvgIpc) is 2.81. The normalized spacial score (nSPS) is 16.8. The van der Waals surface area contributed by atoms with Crippen LogP contribution in [0.3, 0.4) is 0 Å². The van der Waals surface area contributed by atoms with Crippen LogP contribution in [-0.2, 0) is 10.9 Å². The van der Waals surface area contributed by atoms with Crippen molar-refractivity contribution in [2.45, 2.75) is 115 Å². The predicted octanol–water partition coefficient (Wildman–Crippen LogP) is 7.53. The zero-order valence-corrected chi connectivity index (χ0v) is 24.8. The number of hydrogen-bond donors (Lipinski definition) is 0. The Bertz CT molecular complexity index is 1070. The van der Waals surface area contributed by atoms with E-state index in [-0.39, 0.29) is 11.4 Å². The highest BCUT2D eigenvalue weighted by atomic mass is 32.2. The fourth-order valence-corrected chi connectivity index (χ4v) is 5.73. The van der Waals surface area contributed by atoms with Crippen LogP contribution < -0.4 is 0 Å². The first-order valence-electron chi connectivity index (χ1n) is 13.2. The third-order valence-electron chi connectivity index (χ3n) is 6.92. The molecule has 8 nitrogen and oxygen atoms in total. The van der Waals surface area contributed by atoms with Crippen molar-refractivity contribution in [2.75, 3.05) is 13.1 Å². The van der Waals surface area contributed by atoms with Crippen LogP contribution >= 0.6 is 11.8 Å². The fourth-order valence-electron chi connectivity index (χ4n) is 4.50. The molecule has 1 aliphatic rings. The molecule has 2 rings (SSSR count). The van der Waals surface area contributed by atoms with Gasteiger partial charge >= 0.3 is 12.3 Å². The zero-order valence-electron chi connectivity index (χ0n) is 24.0. The van der Waals surface area contributed by atoms with Crippen molar-refractivity contribution in [3.63, 3.8) is 0 Å². The number of ether oxygens (including phenoxy) is 1. The summed E-state index contributed by atoms with van der Waals surface area (Å²) in [6.45, 7) is 14.6. The summed E-state index contributed by atoms with van der Waals surface area (Å²) in [6, 6.07) is 0.393. The number of carbonyl (C=O) groups is 2. The smallest absolute Gasteiger partial charge is 0.417 e. The lowest BCUT2D eigenvalue weighted by molar-refractivity contribution is -0.387. The molecule has 0 aromatic heterocycles. The Morgan fingerprint density at radius 1 is 1.18 bits per heavy atom. The molecule has 220 valence electrons. The van der Waals surface area contributed by atoms with Crippen LogP contribution in [0.5, 0.6) is 0 Å². The number of nitro benzene ring substituents is 1. The van der Waals surface area contributed by atoms with E-state index < -0.39 is 62.3 Å². The molecule has 1 heterocycles. The summed E-state index contributed by atoms with van der Waals surface area (Å²) in [4.78, 5) is 40.4. The molecule has 0 bridgehead atoms. The van der Waals surface area contributed by atoms with E-state index in [2.05, 4.69) is 0 Å². The van der Waals surface area contributed by atoms with E-state index in [0.717, 1.165) is 23.9 Å². The largest absolute Gasteiger partial charge is 0.444 e. The second-order valence-corrected chi connectivity index (χ2v) is 13.0. The van der Waals surface area contributed by atoms with Gasteiger partial charge in [0.25, 0.3) is 11.6 Å². The van der Waals surface area contributed by atoms with E-state index in [1.165, 1.54) is 9.80 Å². The number of halogens is 3. The number of alkyl halides is 3. The minimum atomic E-state index is -4.91. The zero-order chi connectivity index (χ0) is 29.9. The Balaban J connectivity index is 2.58. The SMILES string of the molecule is CCC(C)(CC)Sc1cc(C(F)(F)F)c(C(=O)N(C(C)C)[C@@H]2CCCN(C(=O)OC(C)(C)C)C2)cc1[N+](=O)[O-]. The minimum Gasteiger partial charge on any atom is -0.444 e. The maximum atomic E-state index is 14.3. The lowest BCUT2D eigenvalue weighted by atomic mass is 9.99. The first kappa shape index (κ1) is 32.7. The minimum absolute atomic E-state index is 0.0849. The second-order valence-electron chi connectivity index (χ2n) is 11.4. The Kier molecular flexibility index (Phi) is 10.4. The van der Waals surface area contributed by atoms with Crippen molar-refractivity contribution in [2.24, 2.45) is 0 Å². The Morgan fingerprint density at radius 3 is 2.23 bits per heavy atom. The van der Waals surface area contributed by atoms with Crippen molar-refractivity contribution in [1.29, 1.82) is 0 Å². The van der Waals surface area contributed by atoms with Gasteiger partial charge in [-0.15, -0.1) is 11.8 Å². The van der Waals surface area contributed by atoms with Crippen LogP contribution in [0.2, 0.25) is 0 Å². The molecule has 12 heteroatoms. The standard InChI is InChI=1S/C27H40F3N3O5S/c1-9-26(8,10-2)39-22-15-20(27(28,29)30)19(14-21(22)33(36)37)23(34)32(17(3)4)18-12-11-13-31(16-18)24(35)38-25(5,6)7/h14-15,17-18H,9-13,16H2,1-8H3/t18-/m1/s1. The van der Waals surface area contributed by atoms with Crippen LogP contribution in [-0.4, -0.2) is 62.2 Å².